The Morgan fingerprint density at radius 3 is 2.44 bits per heavy atom. The molecule has 0 bridgehead atoms. The van der Waals surface area contributed by atoms with Gasteiger partial charge in [0.2, 0.25) is 5.91 Å². The fraction of sp³-hybridized carbons (Fsp3) is 0.917. The molecule has 0 fully saturated rings. The highest BCUT2D eigenvalue weighted by Crippen LogP contribution is 2.02. The summed E-state index contributed by atoms with van der Waals surface area (Å²) in [7, 11) is 0. The first-order valence-electron chi connectivity index (χ1n) is 6.12. The third-order valence-electron chi connectivity index (χ3n) is 2.58. The van der Waals surface area contributed by atoms with E-state index < -0.39 is 0 Å². The molecule has 0 saturated heterocycles. The monoisotopic (exact) mass is 246 g/mol. The maximum atomic E-state index is 11.5. The van der Waals surface area contributed by atoms with E-state index in [1.807, 2.05) is 11.8 Å². The minimum absolute atomic E-state index is 0.116. The van der Waals surface area contributed by atoms with Gasteiger partial charge in [0.25, 0.3) is 0 Å². The van der Waals surface area contributed by atoms with Crippen LogP contribution in [0.3, 0.4) is 0 Å². The van der Waals surface area contributed by atoms with Gasteiger partial charge in [-0.15, -0.1) is 0 Å². The van der Waals surface area contributed by atoms with Gasteiger partial charge in [-0.1, -0.05) is 20.8 Å². The Labute approximate surface area is 104 Å². The van der Waals surface area contributed by atoms with E-state index >= 15 is 0 Å². The smallest absolute Gasteiger partial charge is 0.234 e. The molecule has 0 aliphatic carbocycles. The number of nitrogens with one attached hydrogen (secondary N) is 2. The van der Waals surface area contributed by atoms with Crippen LogP contribution in [0.5, 0.6) is 0 Å². The Morgan fingerprint density at radius 1 is 1.31 bits per heavy atom. The SMILES string of the molecule is CCC(CC)NC(=O)CNCC(C)CSC. The lowest BCUT2D eigenvalue weighted by Crippen LogP contribution is -2.40. The third-order valence-corrected chi connectivity index (χ3v) is 3.48. The third kappa shape index (κ3) is 7.99. The molecule has 0 aliphatic heterocycles. The molecule has 0 heterocycles. The molecule has 3 nitrogen and oxygen atoms in total. The second-order valence-electron chi connectivity index (χ2n) is 4.27. The van der Waals surface area contributed by atoms with E-state index in [9.17, 15) is 4.79 Å². The van der Waals surface area contributed by atoms with Gasteiger partial charge in [-0.05, 0) is 37.3 Å². The molecule has 0 spiro atoms. The highest BCUT2D eigenvalue weighted by molar-refractivity contribution is 7.98. The zero-order valence-corrected chi connectivity index (χ0v) is 11.8. The van der Waals surface area contributed by atoms with Crippen molar-refractivity contribution in [2.24, 2.45) is 5.92 Å². The molecule has 4 heteroatoms. The first kappa shape index (κ1) is 15.8. The minimum Gasteiger partial charge on any atom is -0.352 e. The Balaban J connectivity index is 3.57. The molecule has 16 heavy (non-hydrogen) atoms. The molecule has 1 unspecified atom stereocenters. The van der Waals surface area contributed by atoms with Crippen LogP contribution in [0.4, 0.5) is 0 Å². The average molecular weight is 246 g/mol. The van der Waals surface area contributed by atoms with Crippen molar-refractivity contribution in [2.75, 3.05) is 25.1 Å². The highest BCUT2D eigenvalue weighted by Gasteiger charge is 2.08. The van der Waals surface area contributed by atoms with E-state index in [1.165, 1.54) is 0 Å². The molecule has 0 aromatic rings. The summed E-state index contributed by atoms with van der Waals surface area (Å²) in [6, 6.07) is 0.331. The first-order chi connectivity index (χ1) is 7.63. The number of rotatable bonds is 9. The van der Waals surface area contributed by atoms with Crippen LogP contribution in [-0.4, -0.2) is 37.0 Å². The van der Waals surface area contributed by atoms with E-state index in [4.69, 9.17) is 0 Å². The topological polar surface area (TPSA) is 41.1 Å². The van der Waals surface area contributed by atoms with Crippen molar-refractivity contribution in [1.29, 1.82) is 0 Å². The van der Waals surface area contributed by atoms with Gasteiger partial charge in [-0.2, -0.15) is 11.8 Å². The van der Waals surface area contributed by atoms with E-state index in [2.05, 4.69) is 37.7 Å². The predicted molar refractivity (Wildman–Crippen MR) is 72.9 cm³/mol. The number of carbonyl (C=O) groups excluding carboxylic acids is 1. The Morgan fingerprint density at radius 2 is 1.94 bits per heavy atom. The average Bonchev–Trinajstić information content (AvgIpc) is 2.26. The largest absolute Gasteiger partial charge is 0.352 e. The molecule has 1 atom stereocenters. The van der Waals surface area contributed by atoms with Crippen molar-refractivity contribution in [3.05, 3.63) is 0 Å². The fourth-order valence-electron chi connectivity index (χ4n) is 1.55. The van der Waals surface area contributed by atoms with Crippen molar-refractivity contribution < 1.29 is 4.79 Å². The molecule has 0 aromatic carbocycles. The molecule has 1 amide bonds. The van der Waals surface area contributed by atoms with E-state index in [1.54, 1.807) is 0 Å². The molecule has 2 N–H and O–H groups in total. The Kier molecular flexibility index (Phi) is 9.83. The Bertz CT molecular complexity index is 184. The highest BCUT2D eigenvalue weighted by atomic mass is 32.2. The molecular formula is C12H26N2OS. The lowest BCUT2D eigenvalue weighted by atomic mass is 10.2. The number of hydrogen-bond donors (Lipinski definition) is 2. The van der Waals surface area contributed by atoms with Crippen LogP contribution in [0.1, 0.15) is 33.6 Å². The van der Waals surface area contributed by atoms with Gasteiger partial charge < -0.3 is 10.6 Å². The molecule has 0 aromatic heterocycles. The normalized spacial score (nSPS) is 12.8. The summed E-state index contributed by atoms with van der Waals surface area (Å²) in [6.45, 7) is 7.75. The van der Waals surface area contributed by atoms with Crippen molar-refractivity contribution in [3.8, 4) is 0 Å². The lowest BCUT2D eigenvalue weighted by molar-refractivity contribution is -0.121. The van der Waals surface area contributed by atoms with Crippen LogP contribution in [0.2, 0.25) is 0 Å². The van der Waals surface area contributed by atoms with E-state index in [0.29, 0.717) is 18.5 Å². The van der Waals surface area contributed by atoms with Crippen molar-refractivity contribution in [2.45, 2.75) is 39.7 Å². The van der Waals surface area contributed by atoms with Gasteiger partial charge in [0.1, 0.15) is 0 Å². The number of amides is 1. The molecule has 0 aliphatic rings. The van der Waals surface area contributed by atoms with Crippen LogP contribution >= 0.6 is 11.8 Å². The number of hydrogen-bond acceptors (Lipinski definition) is 3. The number of thioether (sulfide) groups is 1. The van der Waals surface area contributed by atoms with Gasteiger partial charge in [0.05, 0.1) is 6.54 Å². The van der Waals surface area contributed by atoms with Crippen LogP contribution in [-0.2, 0) is 4.79 Å². The van der Waals surface area contributed by atoms with Crippen molar-refractivity contribution in [1.82, 2.24) is 10.6 Å². The molecule has 0 saturated carbocycles. The van der Waals surface area contributed by atoms with Crippen LogP contribution in [0.15, 0.2) is 0 Å². The van der Waals surface area contributed by atoms with Crippen molar-refractivity contribution in [3.63, 3.8) is 0 Å². The van der Waals surface area contributed by atoms with Gasteiger partial charge >= 0.3 is 0 Å². The van der Waals surface area contributed by atoms with Crippen LogP contribution in [0.25, 0.3) is 0 Å². The minimum atomic E-state index is 0.116. The summed E-state index contributed by atoms with van der Waals surface area (Å²) in [5.74, 6) is 1.88. The van der Waals surface area contributed by atoms with Crippen LogP contribution < -0.4 is 10.6 Å². The summed E-state index contributed by atoms with van der Waals surface area (Å²) in [6.07, 6.45) is 4.12. The Hall–Kier alpha value is -0.220. The molecule has 0 rings (SSSR count). The quantitative estimate of drug-likeness (QED) is 0.653. The summed E-state index contributed by atoms with van der Waals surface area (Å²) < 4.78 is 0. The maximum Gasteiger partial charge on any atom is 0.234 e. The zero-order chi connectivity index (χ0) is 12.4. The van der Waals surface area contributed by atoms with Crippen LogP contribution in [0, 0.1) is 5.92 Å². The second kappa shape index (κ2) is 9.97. The molecular weight excluding hydrogens is 220 g/mol. The zero-order valence-electron chi connectivity index (χ0n) is 11.0. The summed E-state index contributed by atoms with van der Waals surface area (Å²) in [4.78, 5) is 11.5. The first-order valence-corrected chi connectivity index (χ1v) is 7.52. The summed E-state index contributed by atoms with van der Waals surface area (Å²) >= 11 is 1.85. The van der Waals surface area contributed by atoms with E-state index in [0.717, 1.165) is 25.1 Å². The molecule has 0 radical (unpaired) electrons. The molecule has 96 valence electrons. The standard InChI is InChI=1S/C12H26N2OS/c1-5-11(6-2)14-12(15)8-13-7-10(3)9-16-4/h10-11,13H,5-9H2,1-4H3,(H,14,15). The maximum absolute atomic E-state index is 11.5. The van der Waals surface area contributed by atoms with Gasteiger partial charge in [0, 0.05) is 6.04 Å². The van der Waals surface area contributed by atoms with Gasteiger partial charge in [0.15, 0.2) is 0 Å². The summed E-state index contributed by atoms with van der Waals surface area (Å²) in [5.41, 5.74) is 0. The lowest BCUT2D eigenvalue weighted by Gasteiger charge is -2.16. The number of carbonyl (C=O) groups is 1. The predicted octanol–water partition coefficient (Wildman–Crippen LogP) is 1.88. The fourth-order valence-corrected chi connectivity index (χ4v) is 2.23. The van der Waals surface area contributed by atoms with E-state index in [-0.39, 0.29) is 5.91 Å². The summed E-state index contributed by atoms with van der Waals surface area (Å²) in [5, 5.41) is 6.21. The second-order valence-corrected chi connectivity index (χ2v) is 5.18. The van der Waals surface area contributed by atoms with Gasteiger partial charge in [-0.3, -0.25) is 4.79 Å². The van der Waals surface area contributed by atoms with Gasteiger partial charge in [-0.25, -0.2) is 0 Å². The van der Waals surface area contributed by atoms with Crippen molar-refractivity contribution >= 4 is 17.7 Å².